The zero-order valence-corrected chi connectivity index (χ0v) is 26.6. The summed E-state index contributed by atoms with van der Waals surface area (Å²) in [4.78, 5) is 32.3. The number of aromatic amines is 1. The summed E-state index contributed by atoms with van der Waals surface area (Å²) in [5, 5.41) is 21.6. The van der Waals surface area contributed by atoms with E-state index in [9.17, 15) is 28.6 Å². The van der Waals surface area contributed by atoms with E-state index in [1.54, 1.807) is 18.2 Å². The molecule has 0 aliphatic carbocycles. The third kappa shape index (κ3) is 7.33. The first-order valence-electron chi connectivity index (χ1n) is 15.8. The Balaban J connectivity index is 0.997. The Morgan fingerprint density at radius 1 is 1.04 bits per heavy atom. The van der Waals surface area contributed by atoms with Gasteiger partial charge in [0.25, 0.3) is 5.91 Å². The van der Waals surface area contributed by atoms with Gasteiger partial charge in [-0.2, -0.15) is 8.78 Å². The minimum atomic E-state index is -3.38. The molecule has 3 N–H and O–H groups in total. The lowest BCUT2D eigenvalue weighted by molar-refractivity contribution is -0.332. The number of unbranched alkanes of at least 4 members (excludes halogenated alkanes) is 1. The third-order valence-corrected chi connectivity index (χ3v) is 10.1. The molecule has 0 radical (unpaired) electrons. The zero-order valence-electron chi connectivity index (χ0n) is 25.8. The number of nitrogens with one attached hydrogen (secondary N) is 1. The van der Waals surface area contributed by atoms with Crippen LogP contribution in [0.1, 0.15) is 69.4 Å². The first-order valence-corrected chi connectivity index (χ1v) is 16.6. The number of pyridine rings is 1. The quantitative estimate of drug-likeness (QED) is 0.188. The molecule has 4 aromatic rings. The second kappa shape index (κ2) is 13.2. The van der Waals surface area contributed by atoms with Crippen molar-refractivity contribution in [1.29, 1.82) is 0 Å². The molecule has 2 aromatic carbocycles. The number of morpholine rings is 1. The molecule has 11 heteroatoms. The van der Waals surface area contributed by atoms with E-state index in [1.807, 2.05) is 19.1 Å². The minimum Gasteiger partial charge on any atom is -0.506 e. The Hall–Kier alpha value is -3.64. The molecule has 1 atom stereocenters. The molecule has 46 heavy (non-hydrogen) atoms. The van der Waals surface area contributed by atoms with E-state index in [1.165, 1.54) is 33.9 Å². The number of amides is 1. The van der Waals surface area contributed by atoms with E-state index in [0.717, 1.165) is 29.7 Å². The van der Waals surface area contributed by atoms with Crippen molar-refractivity contribution in [2.24, 2.45) is 0 Å². The number of carbonyl (C=O) groups is 1. The average Bonchev–Trinajstić information content (AvgIpc) is 3.46. The number of phenols is 1. The van der Waals surface area contributed by atoms with Crippen LogP contribution in [-0.2, 0) is 17.7 Å². The largest absolute Gasteiger partial charge is 0.506 e. The van der Waals surface area contributed by atoms with E-state index in [2.05, 4.69) is 28.1 Å². The summed E-state index contributed by atoms with van der Waals surface area (Å²) in [5.41, 5.74) is 1.98. The number of alkyl halides is 2. The number of halogens is 2. The van der Waals surface area contributed by atoms with Crippen molar-refractivity contribution >= 4 is 28.1 Å². The van der Waals surface area contributed by atoms with Gasteiger partial charge in [0.05, 0.1) is 28.6 Å². The Morgan fingerprint density at radius 2 is 1.83 bits per heavy atom. The van der Waals surface area contributed by atoms with Crippen LogP contribution in [0.2, 0.25) is 0 Å². The summed E-state index contributed by atoms with van der Waals surface area (Å²) in [6.45, 7) is 3.22. The molecule has 2 aliphatic rings. The molecule has 2 fully saturated rings. The van der Waals surface area contributed by atoms with Crippen LogP contribution in [0.4, 0.5) is 8.78 Å². The van der Waals surface area contributed by atoms with Gasteiger partial charge in [0.2, 0.25) is 5.56 Å². The average molecular weight is 652 g/mol. The number of carbonyl (C=O) groups excluding carboxylic acids is 1. The van der Waals surface area contributed by atoms with Crippen molar-refractivity contribution in [2.45, 2.75) is 69.8 Å². The minimum absolute atomic E-state index is 0.0283. The van der Waals surface area contributed by atoms with Gasteiger partial charge >= 0.3 is 6.11 Å². The lowest BCUT2D eigenvalue weighted by Crippen LogP contribution is -2.62. The Kier molecular flexibility index (Phi) is 9.29. The van der Waals surface area contributed by atoms with Crippen LogP contribution < -0.4 is 5.56 Å². The summed E-state index contributed by atoms with van der Waals surface area (Å²) < 4.78 is 34.9. The van der Waals surface area contributed by atoms with Gasteiger partial charge in [0.1, 0.15) is 12.3 Å². The van der Waals surface area contributed by atoms with Crippen LogP contribution in [0.25, 0.3) is 10.9 Å². The highest BCUT2D eigenvalue weighted by Gasteiger charge is 2.52. The number of phenolic OH excluding ortho intramolecular Hbond substituents is 1. The summed E-state index contributed by atoms with van der Waals surface area (Å²) in [6.07, 6.45) is -0.192. The van der Waals surface area contributed by atoms with Crippen LogP contribution in [0, 0.1) is 6.92 Å². The number of nitrogens with zero attached hydrogens (tertiary/aromatic N) is 2. The smallest absolute Gasteiger partial charge is 0.373 e. The van der Waals surface area contributed by atoms with Crippen LogP contribution in [0.5, 0.6) is 5.75 Å². The number of fused-ring (bicyclic) bond motifs is 1. The number of aromatic hydroxyl groups is 1. The number of aryl methyl sites for hydroxylation is 2. The van der Waals surface area contributed by atoms with Crippen molar-refractivity contribution in [3.05, 3.63) is 97.5 Å². The summed E-state index contributed by atoms with van der Waals surface area (Å²) in [6, 6.07) is 18.1. The molecular weight excluding hydrogens is 612 g/mol. The number of H-pyrrole nitrogens is 1. The van der Waals surface area contributed by atoms with Crippen molar-refractivity contribution < 1.29 is 28.5 Å². The topological polar surface area (TPSA) is 106 Å². The van der Waals surface area contributed by atoms with E-state index in [0.29, 0.717) is 60.2 Å². The molecule has 8 nitrogen and oxygen atoms in total. The van der Waals surface area contributed by atoms with Gasteiger partial charge in [-0.15, -0.1) is 11.3 Å². The van der Waals surface area contributed by atoms with Crippen molar-refractivity contribution in [3.8, 4) is 5.75 Å². The van der Waals surface area contributed by atoms with Gasteiger partial charge in [-0.3, -0.25) is 14.5 Å². The Morgan fingerprint density at radius 3 is 2.59 bits per heavy atom. The van der Waals surface area contributed by atoms with Crippen molar-refractivity contribution in [1.82, 2.24) is 14.8 Å². The Labute approximate surface area is 270 Å². The van der Waals surface area contributed by atoms with Gasteiger partial charge in [-0.1, -0.05) is 36.8 Å². The first-order chi connectivity index (χ1) is 22.0. The predicted molar refractivity (Wildman–Crippen MR) is 173 cm³/mol. The first kappa shape index (κ1) is 32.3. The molecule has 6 rings (SSSR count). The fraction of sp³-hybridized carbons (Fsp3) is 0.429. The van der Waals surface area contributed by atoms with Crippen LogP contribution >= 0.6 is 11.3 Å². The molecule has 1 spiro atoms. The number of ether oxygens (including phenoxy) is 1. The maximum atomic E-state index is 14.7. The standard InChI is InChI=1S/C35H39F2N3O5S/c1-23-9-13-30(46-23)33(44)40-21-34(45-35(36,37)22-40)15-17-39(18-16-34)20-25-7-4-6-24(19-25)5-2-3-8-28(41)26-10-12-29(42)32-27(26)11-14-31(43)38-32/h4,6-7,9-14,19,28,41-42H,2-3,5,8,15-18,20-22H2,1H3,(H,38,43)/t28-/m0/s1. The van der Waals surface area contributed by atoms with Crippen molar-refractivity contribution in [3.63, 3.8) is 0 Å². The highest BCUT2D eigenvalue weighted by Crippen LogP contribution is 2.39. The molecular formula is C35H39F2N3O5S. The fourth-order valence-corrected chi connectivity index (χ4v) is 7.58. The van der Waals surface area contributed by atoms with Gasteiger partial charge < -0.3 is 24.8 Å². The number of aliphatic hydroxyl groups excluding tert-OH is 1. The number of piperidine rings is 1. The molecule has 4 heterocycles. The number of benzene rings is 2. The number of thiophene rings is 1. The Bertz CT molecular complexity index is 1760. The summed E-state index contributed by atoms with van der Waals surface area (Å²) >= 11 is 1.32. The van der Waals surface area contributed by atoms with Gasteiger partial charge in [0.15, 0.2) is 0 Å². The molecule has 2 aromatic heterocycles. The van der Waals surface area contributed by atoms with Gasteiger partial charge in [-0.05, 0) is 80.0 Å². The number of aliphatic hydroxyl groups is 1. The number of likely N-dealkylation sites (tertiary alicyclic amines) is 1. The normalized spacial score (nSPS) is 18.7. The third-order valence-electron chi connectivity index (χ3n) is 9.08. The summed E-state index contributed by atoms with van der Waals surface area (Å²) in [5.74, 6) is -0.389. The van der Waals surface area contributed by atoms with Crippen LogP contribution in [-0.4, -0.2) is 68.8 Å². The number of hydrogen-bond acceptors (Lipinski definition) is 7. The van der Waals surface area contributed by atoms with Gasteiger partial charge in [-0.25, -0.2) is 0 Å². The SMILES string of the molecule is Cc1ccc(C(=O)N2CC(F)(F)OC3(CCN(Cc4cccc(CCCC[C@H](O)c5ccc(O)c6[nH]c(=O)ccc56)c4)CC3)C2)s1. The monoisotopic (exact) mass is 651 g/mol. The fourth-order valence-electron chi connectivity index (χ4n) is 6.75. The highest BCUT2D eigenvalue weighted by molar-refractivity contribution is 7.13. The van der Waals surface area contributed by atoms with Gasteiger partial charge in [0, 0.05) is 36.0 Å². The molecule has 0 unspecified atom stereocenters. The molecule has 0 bridgehead atoms. The molecule has 244 valence electrons. The van der Waals surface area contributed by atoms with Crippen molar-refractivity contribution in [2.75, 3.05) is 26.2 Å². The molecule has 0 saturated carbocycles. The second-order valence-corrected chi connectivity index (χ2v) is 13.9. The van der Waals surface area contributed by atoms with E-state index >= 15 is 0 Å². The van der Waals surface area contributed by atoms with E-state index < -0.39 is 24.4 Å². The van der Waals surface area contributed by atoms with E-state index in [-0.39, 0.29) is 23.8 Å². The maximum Gasteiger partial charge on any atom is 0.373 e. The number of aromatic nitrogens is 1. The number of rotatable bonds is 9. The lowest BCUT2D eigenvalue weighted by atomic mass is 9.88. The molecule has 2 saturated heterocycles. The predicted octanol–water partition coefficient (Wildman–Crippen LogP) is 6.15. The number of hydrogen-bond donors (Lipinski definition) is 3. The summed E-state index contributed by atoms with van der Waals surface area (Å²) in [7, 11) is 0. The second-order valence-electron chi connectivity index (χ2n) is 12.6. The maximum absolute atomic E-state index is 14.7. The van der Waals surface area contributed by atoms with Crippen LogP contribution in [0.3, 0.4) is 0 Å². The highest BCUT2D eigenvalue weighted by atomic mass is 32.1. The molecule has 2 aliphatic heterocycles. The zero-order chi connectivity index (χ0) is 32.5. The molecule has 1 amide bonds. The van der Waals surface area contributed by atoms with E-state index in [4.69, 9.17) is 4.74 Å². The van der Waals surface area contributed by atoms with Crippen LogP contribution in [0.15, 0.2) is 65.5 Å². The lowest BCUT2D eigenvalue weighted by Gasteiger charge is -2.49.